The monoisotopic (exact) mass is 310 g/mol. The molecule has 0 saturated carbocycles. The van der Waals surface area contributed by atoms with Crippen molar-refractivity contribution in [1.82, 2.24) is 0 Å². The standard InChI is InChI=1S/C14H9ClFO3P/c15-10-6-12(16)14-11(9-4-2-1-3-5-9)8-20(17,18)19-13(14)7-10/h1-8H,(H,17,18). The minimum absolute atomic E-state index is 0.0258. The first kappa shape index (κ1) is 13.4. The van der Waals surface area contributed by atoms with Crippen molar-refractivity contribution < 1.29 is 18.4 Å². The van der Waals surface area contributed by atoms with Crippen molar-refractivity contribution in [3.8, 4) is 5.75 Å². The van der Waals surface area contributed by atoms with Gasteiger partial charge in [0, 0.05) is 22.5 Å². The molecule has 0 radical (unpaired) electrons. The Labute approximate surface area is 119 Å². The molecule has 0 amide bonds. The second-order valence-electron chi connectivity index (χ2n) is 4.32. The summed E-state index contributed by atoms with van der Waals surface area (Å²) in [6, 6.07) is 11.3. The van der Waals surface area contributed by atoms with Crippen LogP contribution in [-0.4, -0.2) is 4.89 Å². The van der Waals surface area contributed by atoms with Crippen LogP contribution in [0.5, 0.6) is 5.75 Å². The number of rotatable bonds is 1. The summed E-state index contributed by atoms with van der Waals surface area (Å²) in [5, 5.41) is 0.107. The van der Waals surface area contributed by atoms with Gasteiger partial charge in [0.25, 0.3) is 0 Å². The van der Waals surface area contributed by atoms with Crippen molar-refractivity contribution in [2.24, 2.45) is 0 Å². The molecule has 2 aromatic rings. The predicted molar refractivity (Wildman–Crippen MR) is 75.4 cm³/mol. The fraction of sp³-hybridized carbons (Fsp3) is 0. The molecular weight excluding hydrogens is 302 g/mol. The van der Waals surface area contributed by atoms with Crippen LogP contribution in [0, 0.1) is 5.82 Å². The van der Waals surface area contributed by atoms with Gasteiger partial charge in [0.15, 0.2) is 0 Å². The van der Waals surface area contributed by atoms with Crippen LogP contribution in [0.25, 0.3) is 5.57 Å². The van der Waals surface area contributed by atoms with Gasteiger partial charge < -0.3 is 9.42 Å². The fourth-order valence-electron chi connectivity index (χ4n) is 2.11. The summed E-state index contributed by atoms with van der Waals surface area (Å²) in [4.78, 5) is 9.73. The third-order valence-corrected chi connectivity index (χ3v) is 4.16. The molecule has 2 aromatic carbocycles. The average molecular weight is 311 g/mol. The normalized spacial score (nSPS) is 20.9. The Bertz CT molecular complexity index is 759. The lowest BCUT2D eigenvalue weighted by Gasteiger charge is -2.22. The molecule has 0 aliphatic carbocycles. The molecule has 1 unspecified atom stereocenters. The zero-order valence-corrected chi connectivity index (χ0v) is 11.7. The minimum Gasteiger partial charge on any atom is -0.421 e. The van der Waals surface area contributed by atoms with Crippen LogP contribution >= 0.6 is 19.2 Å². The molecule has 20 heavy (non-hydrogen) atoms. The molecule has 0 fully saturated rings. The van der Waals surface area contributed by atoms with Gasteiger partial charge in [-0.05, 0) is 11.6 Å². The summed E-state index contributed by atoms with van der Waals surface area (Å²) in [6.45, 7) is 0. The summed E-state index contributed by atoms with van der Waals surface area (Å²) in [5.74, 6) is 0.436. The van der Waals surface area contributed by atoms with E-state index in [2.05, 4.69) is 0 Å². The SMILES string of the molecule is O=P1(O)C=C(c2ccccc2)c2c(F)cc(Cl)cc2O1. The molecular formula is C14H9ClFO3P. The van der Waals surface area contributed by atoms with Crippen LogP contribution in [0.15, 0.2) is 48.3 Å². The summed E-state index contributed by atoms with van der Waals surface area (Å²) < 4.78 is 31.0. The molecule has 0 spiro atoms. The lowest BCUT2D eigenvalue weighted by molar-refractivity contribution is 0.389. The third kappa shape index (κ3) is 2.38. The van der Waals surface area contributed by atoms with Crippen molar-refractivity contribution in [3.05, 3.63) is 70.2 Å². The molecule has 3 rings (SSSR count). The highest BCUT2D eigenvalue weighted by Gasteiger charge is 2.31. The Morgan fingerprint density at radius 3 is 2.60 bits per heavy atom. The first-order valence-electron chi connectivity index (χ1n) is 5.76. The Balaban J connectivity index is 2.29. The highest BCUT2D eigenvalue weighted by molar-refractivity contribution is 7.57. The first-order valence-corrected chi connectivity index (χ1v) is 7.78. The van der Waals surface area contributed by atoms with Crippen molar-refractivity contribution in [1.29, 1.82) is 0 Å². The van der Waals surface area contributed by atoms with Crippen LogP contribution in [-0.2, 0) is 4.57 Å². The highest BCUT2D eigenvalue weighted by atomic mass is 35.5. The number of hydrogen-bond donors (Lipinski definition) is 1. The summed E-state index contributed by atoms with van der Waals surface area (Å²) in [7, 11) is -3.97. The molecule has 0 saturated heterocycles. The number of hydrogen-bond acceptors (Lipinski definition) is 2. The van der Waals surface area contributed by atoms with Crippen LogP contribution < -0.4 is 4.52 Å². The Morgan fingerprint density at radius 1 is 1.20 bits per heavy atom. The molecule has 1 N–H and O–H groups in total. The molecule has 1 heterocycles. The largest absolute Gasteiger partial charge is 0.421 e. The van der Waals surface area contributed by atoms with Crippen LogP contribution in [0.2, 0.25) is 5.02 Å². The zero-order chi connectivity index (χ0) is 14.3. The van der Waals surface area contributed by atoms with E-state index in [0.29, 0.717) is 11.1 Å². The maximum Gasteiger partial charge on any atom is 0.401 e. The van der Waals surface area contributed by atoms with E-state index in [1.807, 2.05) is 0 Å². The van der Waals surface area contributed by atoms with E-state index >= 15 is 0 Å². The maximum atomic E-state index is 14.1. The van der Waals surface area contributed by atoms with Crippen LogP contribution in [0.1, 0.15) is 11.1 Å². The van der Waals surface area contributed by atoms with Gasteiger partial charge in [0.1, 0.15) is 11.6 Å². The Morgan fingerprint density at radius 2 is 1.90 bits per heavy atom. The Kier molecular flexibility index (Phi) is 3.17. The average Bonchev–Trinajstić information content (AvgIpc) is 2.36. The second-order valence-corrected chi connectivity index (χ2v) is 6.33. The van der Waals surface area contributed by atoms with E-state index in [1.165, 1.54) is 6.07 Å². The van der Waals surface area contributed by atoms with E-state index in [1.54, 1.807) is 30.3 Å². The second kappa shape index (κ2) is 4.74. The van der Waals surface area contributed by atoms with Crippen LogP contribution in [0.4, 0.5) is 4.39 Å². The lowest BCUT2D eigenvalue weighted by atomic mass is 9.98. The molecule has 0 aromatic heterocycles. The summed E-state index contributed by atoms with van der Waals surface area (Å²) in [5.41, 5.74) is 1.10. The van der Waals surface area contributed by atoms with E-state index in [4.69, 9.17) is 16.1 Å². The number of benzene rings is 2. The zero-order valence-electron chi connectivity index (χ0n) is 10.1. The molecule has 1 aliphatic rings. The van der Waals surface area contributed by atoms with E-state index in [-0.39, 0.29) is 16.3 Å². The lowest BCUT2D eigenvalue weighted by Crippen LogP contribution is -2.04. The van der Waals surface area contributed by atoms with Gasteiger partial charge >= 0.3 is 7.60 Å². The predicted octanol–water partition coefficient (Wildman–Crippen LogP) is 4.45. The van der Waals surface area contributed by atoms with E-state index in [9.17, 15) is 13.8 Å². The molecule has 3 nitrogen and oxygen atoms in total. The van der Waals surface area contributed by atoms with E-state index < -0.39 is 13.4 Å². The van der Waals surface area contributed by atoms with Crippen LogP contribution in [0.3, 0.4) is 0 Å². The maximum absolute atomic E-state index is 14.1. The first-order chi connectivity index (χ1) is 9.46. The molecule has 1 aliphatic heterocycles. The third-order valence-electron chi connectivity index (χ3n) is 2.89. The van der Waals surface area contributed by atoms with Gasteiger partial charge in [0.05, 0.1) is 5.56 Å². The smallest absolute Gasteiger partial charge is 0.401 e. The topological polar surface area (TPSA) is 46.5 Å². The molecule has 0 bridgehead atoms. The minimum atomic E-state index is -3.97. The van der Waals surface area contributed by atoms with Gasteiger partial charge in [-0.15, -0.1) is 0 Å². The molecule has 1 atom stereocenters. The van der Waals surface area contributed by atoms with Crippen molar-refractivity contribution in [2.45, 2.75) is 0 Å². The number of fused-ring (bicyclic) bond motifs is 1. The van der Waals surface area contributed by atoms with Gasteiger partial charge in [0.2, 0.25) is 0 Å². The van der Waals surface area contributed by atoms with Gasteiger partial charge in [-0.25, -0.2) is 8.96 Å². The molecule has 102 valence electrons. The Hall–Kier alpha value is -1.61. The van der Waals surface area contributed by atoms with Crippen molar-refractivity contribution in [3.63, 3.8) is 0 Å². The van der Waals surface area contributed by atoms with Gasteiger partial charge in [-0.3, -0.25) is 0 Å². The summed E-state index contributed by atoms with van der Waals surface area (Å²) in [6.07, 6.45) is 0. The number of halogens is 2. The fourth-order valence-corrected chi connectivity index (χ4v) is 3.39. The van der Waals surface area contributed by atoms with Gasteiger partial charge in [-0.2, -0.15) is 0 Å². The highest BCUT2D eigenvalue weighted by Crippen LogP contribution is 2.54. The van der Waals surface area contributed by atoms with Gasteiger partial charge in [-0.1, -0.05) is 41.9 Å². The summed E-state index contributed by atoms with van der Waals surface area (Å²) >= 11 is 5.76. The molecule has 6 heteroatoms. The van der Waals surface area contributed by atoms with Crippen molar-refractivity contribution >= 4 is 24.8 Å². The quantitative estimate of drug-likeness (QED) is 0.792. The van der Waals surface area contributed by atoms with Crippen molar-refractivity contribution in [2.75, 3.05) is 0 Å². The van der Waals surface area contributed by atoms with E-state index in [0.717, 1.165) is 11.9 Å².